The number of carbonyl (C=O) groups is 4. The zero-order valence-electron chi connectivity index (χ0n) is 13.7. The normalized spacial score (nSPS) is 29.3. The van der Waals surface area contributed by atoms with Crippen LogP contribution in [0.2, 0.25) is 0 Å². The maximum absolute atomic E-state index is 11.3. The van der Waals surface area contributed by atoms with E-state index in [2.05, 4.69) is 0 Å². The topological polar surface area (TPSA) is 135 Å². The fourth-order valence-electron chi connectivity index (χ4n) is 2.15. The number of carbonyl (C=O) groups excluding carboxylic acids is 4. The van der Waals surface area contributed by atoms with E-state index < -0.39 is 54.6 Å². The molecule has 0 spiro atoms. The van der Waals surface area contributed by atoms with Gasteiger partial charge >= 0.3 is 23.9 Å². The Morgan fingerprint density at radius 2 is 1.33 bits per heavy atom. The van der Waals surface area contributed by atoms with Crippen molar-refractivity contribution in [1.82, 2.24) is 0 Å². The van der Waals surface area contributed by atoms with Crippen molar-refractivity contribution in [1.29, 1.82) is 0 Å². The van der Waals surface area contributed by atoms with Crippen LogP contribution in [0.15, 0.2) is 0 Å². The summed E-state index contributed by atoms with van der Waals surface area (Å²) in [6, 6.07) is 0. The molecule has 1 heterocycles. The minimum atomic E-state index is -1.60. The van der Waals surface area contributed by atoms with Gasteiger partial charge in [0.1, 0.15) is 12.7 Å². The van der Waals surface area contributed by atoms with Crippen molar-refractivity contribution in [3.8, 4) is 0 Å². The van der Waals surface area contributed by atoms with E-state index in [4.69, 9.17) is 23.7 Å². The van der Waals surface area contributed by atoms with Crippen molar-refractivity contribution in [3.05, 3.63) is 0 Å². The van der Waals surface area contributed by atoms with Gasteiger partial charge in [-0.1, -0.05) is 0 Å². The third-order valence-corrected chi connectivity index (χ3v) is 2.95. The SMILES string of the molecule is CC(=O)OC[C@H]1O[C@@H](OC(C)=O)[C@H](O)[C@@H](OC(C)=O)[C@@H]1OC(C)=O. The predicted octanol–water partition coefficient (Wildman–Crippen LogP) is -0.938. The van der Waals surface area contributed by atoms with Crippen LogP contribution in [0.4, 0.5) is 0 Å². The zero-order chi connectivity index (χ0) is 18.4. The van der Waals surface area contributed by atoms with E-state index in [0.29, 0.717) is 0 Å². The lowest BCUT2D eigenvalue weighted by Gasteiger charge is -2.42. The minimum absolute atomic E-state index is 0.366. The summed E-state index contributed by atoms with van der Waals surface area (Å²) in [7, 11) is 0. The molecule has 0 aliphatic carbocycles. The molecular weight excluding hydrogens is 328 g/mol. The van der Waals surface area contributed by atoms with Gasteiger partial charge in [-0.15, -0.1) is 0 Å². The first-order chi connectivity index (χ1) is 11.1. The van der Waals surface area contributed by atoms with Crippen molar-refractivity contribution >= 4 is 23.9 Å². The Labute approximate surface area is 137 Å². The van der Waals surface area contributed by atoms with E-state index >= 15 is 0 Å². The van der Waals surface area contributed by atoms with Crippen LogP contribution in [0.3, 0.4) is 0 Å². The summed E-state index contributed by atoms with van der Waals surface area (Å²) in [6.45, 7) is 4.09. The van der Waals surface area contributed by atoms with Gasteiger partial charge in [-0.2, -0.15) is 0 Å². The number of aliphatic hydroxyl groups excluding tert-OH is 1. The molecule has 0 bridgehead atoms. The first kappa shape index (κ1) is 19.8. The van der Waals surface area contributed by atoms with E-state index in [9.17, 15) is 24.3 Å². The van der Waals surface area contributed by atoms with E-state index in [0.717, 1.165) is 27.7 Å². The Kier molecular flexibility index (Phi) is 7.11. The van der Waals surface area contributed by atoms with Gasteiger partial charge in [0.05, 0.1) is 0 Å². The summed E-state index contributed by atoms with van der Waals surface area (Å²) < 4.78 is 25.0. The molecular formula is C14H20O10. The molecule has 10 heteroatoms. The fourth-order valence-corrected chi connectivity index (χ4v) is 2.15. The number of hydrogen-bond donors (Lipinski definition) is 1. The molecule has 0 unspecified atom stereocenters. The van der Waals surface area contributed by atoms with Crippen LogP contribution in [0.25, 0.3) is 0 Å². The van der Waals surface area contributed by atoms with Gasteiger partial charge in [-0.25, -0.2) is 0 Å². The summed E-state index contributed by atoms with van der Waals surface area (Å²) in [5, 5.41) is 10.2. The maximum Gasteiger partial charge on any atom is 0.305 e. The summed E-state index contributed by atoms with van der Waals surface area (Å²) in [5.74, 6) is -2.87. The van der Waals surface area contributed by atoms with Crippen LogP contribution in [-0.2, 0) is 42.9 Å². The second kappa shape index (κ2) is 8.60. The van der Waals surface area contributed by atoms with Gasteiger partial charge in [0.2, 0.25) is 6.29 Å². The van der Waals surface area contributed by atoms with Crippen LogP contribution in [0.1, 0.15) is 27.7 Å². The van der Waals surface area contributed by atoms with Crippen LogP contribution in [0.5, 0.6) is 0 Å². The third kappa shape index (κ3) is 5.78. The number of hydrogen-bond acceptors (Lipinski definition) is 10. The lowest BCUT2D eigenvalue weighted by atomic mass is 9.98. The van der Waals surface area contributed by atoms with Gasteiger partial charge in [-0.05, 0) is 0 Å². The number of ether oxygens (including phenoxy) is 5. The zero-order valence-corrected chi connectivity index (χ0v) is 13.7. The van der Waals surface area contributed by atoms with Gasteiger partial charge in [0, 0.05) is 27.7 Å². The van der Waals surface area contributed by atoms with Crippen molar-refractivity contribution in [2.24, 2.45) is 0 Å². The molecule has 0 aromatic heterocycles. The quantitative estimate of drug-likeness (QED) is 0.490. The first-order valence-electron chi connectivity index (χ1n) is 7.10. The second-order valence-electron chi connectivity index (χ2n) is 5.09. The number of aliphatic hydroxyl groups is 1. The Hall–Kier alpha value is -2.20. The Balaban J connectivity index is 3.08. The predicted molar refractivity (Wildman–Crippen MR) is 74.2 cm³/mol. The van der Waals surface area contributed by atoms with Gasteiger partial charge in [0.25, 0.3) is 0 Å². The summed E-state index contributed by atoms with van der Waals surface area (Å²) in [4.78, 5) is 44.7. The molecule has 5 atom stereocenters. The standard InChI is InChI=1S/C14H20O10/c1-6(15)20-5-10-12(21-7(2)16)13(22-8(3)17)11(19)14(24-10)23-9(4)18/h10-14,19H,5H2,1-4H3/t10-,11-,12-,13-,14-/m1/s1. The highest BCUT2D eigenvalue weighted by atomic mass is 16.7. The molecule has 0 saturated carbocycles. The Morgan fingerprint density at radius 1 is 0.833 bits per heavy atom. The van der Waals surface area contributed by atoms with Gasteiger partial charge in [-0.3, -0.25) is 19.2 Å². The van der Waals surface area contributed by atoms with Crippen LogP contribution in [-0.4, -0.2) is 66.3 Å². The molecule has 1 N–H and O–H groups in total. The monoisotopic (exact) mass is 348 g/mol. The van der Waals surface area contributed by atoms with Crippen LogP contribution < -0.4 is 0 Å². The molecule has 0 aromatic carbocycles. The van der Waals surface area contributed by atoms with Crippen molar-refractivity contribution < 1.29 is 48.0 Å². The van der Waals surface area contributed by atoms with Crippen LogP contribution >= 0.6 is 0 Å². The number of rotatable bonds is 5. The average molecular weight is 348 g/mol. The summed E-state index contributed by atoms with van der Waals surface area (Å²) >= 11 is 0. The fraction of sp³-hybridized carbons (Fsp3) is 0.714. The van der Waals surface area contributed by atoms with E-state index in [1.807, 2.05) is 0 Å². The van der Waals surface area contributed by atoms with Crippen molar-refractivity contribution in [3.63, 3.8) is 0 Å². The highest BCUT2D eigenvalue weighted by molar-refractivity contribution is 5.68. The maximum atomic E-state index is 11.3. The highest BCUT2D eigenvalue weighted by Gasteiger charge is 2.51. The van der Waals surface area contributed by atoms with Gasteiger partial charge < -0.3 is 28.8 Å². The smallest absolute Gasteiger partial charge is 0.305 e. The lowest BCUT2D eigenvalue weighted by molar-refractivity contribution is -0.297. The second-order valence-corrected chi connectivity index (χ2v) is 5.09. The molecule has 0 amide bonds. The molecule has 1 saturated heterocycles. The summed E-state index contributed by atoms with van der Waals surface area (Å²) in [5.41, 5.74) is 0. The van der Waals surface area contributed by atoms with Crippen molar-refractivity contribution in [2.75, 3.05) is 6.61 Å². The molecule has 136 valence electrons. The third-order valence-electron chi connectivity index (χ3n) is 2.95. The minimum Gasteiger partial charge on any atom is -0.463 e. The lowest BCUT2D eigenvalue weighted by Crippen LogP contribution is -2.62. The average Bonchev–Trinajstić information content (AvgIpc) is 2.42. The summed E-state index contributed by atoms with van der Waals surface area (Å²) in [6.07, 6.45) is -6.83. The highest BCUT2D eigenvalue weighted by Crippen LogP contribution is 2.27. The molecule has 1 aliphatic rings. The molecule has 0 radical (unpaired) electrons. The Morgan fingerprint density at radius 3 is 1.79 bits per heavy atom. The molecule has 0 aromatic rings. The van der Waals surface area contributed by atoms with Crippen molar-refractivity contribution in [2.45, 2.75) is 58.4 Å². The van der Waals surface area contributed by atoms with Crippen LogP contribution in [0, 0.1) is 0 Å². The molecule has 10 nitrogen and oxygen atoms in total. The van der Waals surface area contributed by atoms with E-state index in [1.54, 1.807) is 0 Å². The molecule has 1 fully saturated rings. The molecule has 1 rings (SSSR count). The van der Waals surface area contributed by atoms with Gasteiger partial charge in [0.15, 0.2) is 18.3 Å². The molecule has 1 aliphatic heterocycles. The van der Waals surface area contributed by atoms with E-state index in [1.165, 1.54) is 0 Å². The molecule has 24 heavy (non-hydrogen) atoms. The number of esters is 4. The largest absolute Gasteiger partial charge is 0.463 e. The van der Waals surface area contributed by atoms with E-state index in [-0.39, 0.29) is 6.61 Å². The first-order valence-corrected chi connectivity index (χ1v) is 7.10. The Bertz CT molecular complexity index is 486.